The molecule has 1 heterocycles. The summed E-state index contributed by atoms with van der Waals surface area (Å²) in [6.07, 6.45) is 0. The van der Waals surface area contributed by atoms with E-state index in [0.29, 0.717) is 23.3 Å². The van der Waals surface area contributed by atoms with Gasteiger partial charge in [-0.15, -0.1) is 0 Å². The van der Waals surface area contributed by atoms with Crippen molar-refractivity contribution in [1.82, 2.24) is 10.2 Å². The average molecular weight is 324 g/mol. The van der Waals surface area contributed by atoms with Crippen LogP contribution in [-0.4, -0.2) is 65.1 Å². The smallest absolute Gasteiger partial charge is 0.203 e. The lowest BCUT2D eigenvalue weighted by Crippen LogP contribution is -2.44. The molecule has 1 aliphatic heterocycles. The Bertz CT molecular complexity index is 464. The van der Waals surface area contributed by atoms with E-state index in [2.05, 4.69) is 17.1 Å². The van der Waals surface area contributed by atoms with Crippen molar-refractivity contribution in [2.45, 2.75) is 19.5 Å². The van der Waals surface area contributed by atoms with Crippen LogP contribution in [0.5, 0.6) is 17.2 Å². The molecule has 0 saturated carbocycles. The highest BCUT2D eigenvalue weighted by Gasteiger charge is 2.15. The van der Waals surface area contributed by atoms with Gasteiger partial charge in [-0.25, -0.2) is 0 Å². The zero-order valence-electron chi connectivity index (χ0n) is 14.6. The Morgan fingerprint density at radius 1 is 1.09 bits per heavy atom. The lowest BCUT2D eigenvalue weighted by molar-refractivity contribution is 0.0343. The van der Waals surface area contributed by atoms with Gasteiger partial charge in [0.1, 0.15) is 0 Å². The first-order chi connectivity index (χ1) is 11.2. The van der Waals surface area contributed by atoms with Crippen molar-refractivity contribution in [2.75, 3.05) is 54.2 Å². The van der Waals surface area contributed by atoms with E-state index in [1.807, 2.05) is 12.1 Å². The number of rotatable bonds is 8. The van der Waals surface area contributed by atoms with E-state index >= 15 is 0 Å². The van der Waals surface area contributed by atoms with Crippen LogP contribution < -0.4 is 19.5 Å². The number of ether oxygens (including phenoxy) is 4. The van der Waals surface area contributed by atoms with Gasteiger partial charge in [0.15, 0.2) is 11.5 Å². The van der Waals surface area contributed by atoms with Crippen LogP contribution in [0.4, 0.5) is 0 Å². The predicted molar refractivity (Wildman–Crippen MR) is 89.7 cm³/mol. The molecular weight excluding hydrogens is 296 g/mol. The molecule has 130 valence electrons. The van der Waals surface area contributed by atoms with E-state index in [1.165, 1.54) is 0 Å². The number of nitrogens with zero attached hydrogens (tertiary/aromatic N) is 1. The van der Waals surface area contributed by atoms with Gasteiger partial charge in [0.2, 0.25) is 5.75 Å². The Balaban J connectivity index is 1.93. The van der Waals surface area contributed by atoms with Crippen LogP contribution in [-0.2, 0) is 11.3 Å². The zero-order chi connectivity index (χ0) is 16.7. The van der Waals surface area contributed by atoms with Gasteiger partial charge in [-0.05, 0) is 24.6 Å². The van der Waals surface area contributed by atoms with Crippen LogP contribution in [0.1, 0.15) is 12.5 Å². The van der Waals surface area contributed by atoms with Crippen LogP contribution in [0.3, 0.4) is 0 Å². The first-order valence-corrected chi connectivity index (χ1v) is 8.00. The SMILES string of the molecule is COc1cc(CNC(C)CN2CCOCC2)cc(OC)c1OC. The van der Waals surface area contributed by atoms with Crippen molar-refractivity contribution in [3.63, 3.8) is 0 Å². The third kappa shape index (κ3) is 4.99. The summed E-state index contributed by atoms with van der Waals surface area (Å²) in [4.78, 5) is 2.43. The largest absolute Gasteiger partial charge is 0.493 e. The fourth-order valence-electron chi connectivity index (χ4n) is 2.77. The molecule has 1 unspecified atom stereocenters. The van der Waals surface area contributed by atoms with Gasteiger partial charge in [0, 0.05) is 32.2 Å². The molecule has 1 saturated heterocycles. The molecule has 2 rings (SSSR count). The number of methoxy groups -OCH3 is 3. The van der Waals surface area contributed by atoms with Crippen molar-refractivity contribution < 1.29 is 18.9 Å². The van der Waals surface area contributed by atoms with Crippen LogP contribution in [0.15, 0.2) is 12.1 Å². The van der Waals surface area contributed by atoms with E-state index in [9.17, 15) is 0 Å². The van der Waals surface area contributed by atoms with Gasteiger partial charge in [0.25, 0.3) is 0 Å². The molecular formula is C17H28N2O4. The lowest BCUT2D eigenvalue weighted by Gasteiger charge is -2.29. The maximum atomic E-state index is 5.39. The summed E-state index contributed by atoms with van der Waals surface area (Å²) in [5, 5.41) is 3.55. The number of nitrogens with one attached hydrogen (secondary N) is 1. The van der Waals surface area contributed by atoms with Gasteiger partial charge in [-0.2, -0.15) is 0 Å². The maximum Gasteiger partial charge on any atom is 0.203 e. The summed E-state index contributed by atoms with van der Waals surface area (Å²) in [6.45, 7) is 7.66. The molecule has 6 nitrogen and oxygen atoms in total. The van der Waals surface area contributed by atoms with Gasteiger partial charge < -0.3 is 24.3 Å². The van der Waals surface area contributed by atoms with Crippen LogP contribution in [0.25, 0.3) is 0 Å². The van der Waals surface area contributed by atoms with Gasteiger partial charge >= 0.3 is 0 Å². The third-order valence-electron chi connectivity index (χ3n) is 4.01. The molecule has 0 aliphatic carbocycles. The summed E-state index contributed by atoms with van der Waals surface area (Å²) >= 11 is 0. The number of benzene rings is 1. The molecule has 1 aromatic rings. The molecule has 0 aromatic heterocycles. The van der Waals surface area contributed by atoms with Gasteiger partial charge in [0.05, 0.1) is 34.5 Å². The Kier molecular flexibility index (Phi) is 6.95. The van der Waals surface area contributed by atoms with E-state index in [1.54, 1.807) is 21.3 Å². The van der Waals surface area contributed by atoms with Crippen LogP contribution in [0, 0.1) is 0 Å². The molecule has 1 N–H and O–H groups in total. The fraction of sp³-hybridized carbons (Fsp3) is 0.647. The molecule has 0 spiro atoms. The lowest BCUT2D eigenvalue weighted by atomic mass is 10.1. The Labute approximate surface area is 138 Å². The summed E-state index contributed by atoms with van der Waals surface area (Å²) < 4.78 is 21.5. The molecule has 1 fully saturated rings. The molecule has 1 atom stereocenters. The van der Waals surface area contributed by atoms with E-state index in [0.717, 1.165) is 45.0 Å². The Morgan fingerprint density at radius 3 is 2.22 bits per heavy atom. The normalized spacial score (nSPS) is 16.9. The predicted octanol–water partition coefficient (Wildman–Crippen LogP) is 1.52. The van der Waals surface area contributed by atoms with E-state index in [4.69, 9.17) is 18.9 Å². The second kappa shape index (κ2) is 8.96. The van der Waals surface area contributed by atoms with Gasteiger partial charge in [-0.3, -0.25) is 4.90 Å². The van der Waals surface area contributed by atoms with E-state index in [-0.39, 0.29) is 0 Å². The van der Waals surface area contributed by atoms with E-state index < -0.39 is 0 Å². The quantitative estimate of drug-likeness (QED) is 0.782. The first kappa shape index (κ1) is 17.8. The highest BCUT2D eigenvalue weighted by Crippen LogP contribution is 2.38. The first-order valence-electron chi connectivity index (χ1n) is 8.00. The molecule has 6 heteroatoms. The van der Waals surface area contributed by atoms with Gasteiger partial charge in [-0.1, -0.05) is 0 Å². The molecule has 1 aliphatic rings. The number of hydrogen-bond acceptors (Lipinski definition) is 6. The minimum atomic E-state index is 0.396. The summed E-state index contributed by atoms with van der Waals surface area (Å²) in [5.74, 6) is 1.99. The second-order valence-electron chi connectivity index (χ2n) is 5.73. The third-order valence-corrected chi connectivity index (χ3v) is 4.01. The summed E-state index contributed by atoms with van der Waals surface area (Å²) in [5.41, 5.74) is 1.10. The topological polar surface area (TPSA) is 52.2 Å². The number of morpholine rings is 1. The Hall–Kier alpha value is -1.50. The van der Waals surface area contributed by atoms with Crippen molar-refractivity contribution >= 4 is 0 Å². The maximum absolute atomic E-state index is 5.39. The molecule has 0 radical (unpaired) electrons. The standard InChI is InChI=1S/C17H28N2O4/c1-13(12-19-5-7-23-8-6-19)18-11-14-9-15(20-2)17(22-4)16(10-14)21-3/h9-10,13,18H,5-8,11-12H2,1-4H3. The van der Waals surface area contributed by atoms with Crippen LogP contribution >= 0.6 is 0 Å². The van der Waals surface area contributed by atoms with Crippen molar-refractivity contribution in [3.8, 4) is 17.2 Å². The minimum Gasteiger partial charge on any atom is -0.493 e. The highest BCUT2D eigenvalue weighted by atomic mass is 16.5. The molecule has 23 heavy (non-hydrogen) atoms. The average Bonchev–Trinajstić information content (AvgIpc) is 2.59. The highest BCUT2D eigenvalue weighted by molar-refractivity contribution is 5.53. The van der Waals surface area contributed by atoms with Crippen LogP contribution in [0.2, 0.25) is 0 Å². The number of hydrogen-bond donors (Lipinski definition) is 1. The van der Waals surface area contributed by atoms with Crippen molar-refractivity contribution in [3.05, 3.63) is 17.7 Å². The monoisotopic (exact) mass is 324 g/mol. The zero-order valence-corrected chi connectivity index (χ0v) is 14.6. The minimum absolute atomic E-state index is 0.396. The summed E-state index contributed by atoms with van der Waals surface area (Å²) in [6, 6.07) is 4.36. The van der Waals surface area contributed by atoms with Crippen molar-refractivity contribution in [2.24, 2.45) is 0 Å². The van der Waals surface area contributed by atoms with Crippen molar-refractivity contribution in [1.29, 1.82) is 0 Å². The summed E-state index contributed by atoms with van der Waals surface area (Å²) in [7, 11) is 4.88. The molecule has 0 amide bonds. The molecule has 0 bridgehead atoms. The fourth-order valence-corrected chi connectivity index (χ4v) is 2.77. The molecule has 1 aromatic carbocycles. The Morgan fingerprint density at radius 2 is 1.70 bits per heavy atom. The second-order valence-corrected chi connectivity index (χ2v) is 5.73.